The molecule has 0 aliphatic carbocycles. The predicted octanol–water partition coefficient (Wildman–Crippen LogP) is 3.18. The van der Waals surface area contributed by atoms with Gasteiger partial charge < -0.3 is 0 Å². The molecule has 20 heavy (non-hydrogen) atoms. The molecule has 3 heteroatoms. The number of pyridine rings is 1. The Hall–Kier alpha value is -1.74. The second kappa shape index (κ2) is 5.71. The average molecular weight is 268 g/mol. The van der Waals surface area contributed by atoms with E-state index in [1.807, 2.05) is 18.2 Å². The lowest BCUT2D eigenvalue weighted by atomic mass is 9.99. The summed E-state index contributed by atoms with van der Waals surface area (Å²) < 4.78 is 0. The summed E-state index contributed by atoms with van der Waals surface area (Å²) in [6, 6.07) is 12.4. The van der Waals surface area contributed by atoms with Gasteiger partial charge in [0.2, 0.25) is 0 Å². The van der Waals surface area contributed by atoms with Crippen LogP contribution in [0.3, 0.4) is 0 Å². The van der Waals surface area contributed by atoms with Gasteiger partial charge in [0.1, 0.15) is 5.78 Å². The minimum absolute atomic E-state index is 0.0806. The van der Waals surface area contributed by atoms with Crippen LogP contribution in [0.4, 0.5) is 0 Å². The Balaban J connectivity index is 1.82. The second-order valence-corrected chi connectivity index (χ2v) is 5.59. The largest absolute Gasteiger partial charge is 0.298 e. The first-order valence-electron chi connectivity index (χ1n) is 7.33. The van der Waals surface area contributed by atoms with E-state index in [1.54, 1.807) is 6.92 Å². The topological polar surface area (TPSA) is 33.2 Å². The van der Waals surface area contributed by atoms with E-state index in [1.165, 1.54) is 6.42 Å². The van der Waals surface area contributed by atoms with Crippen molar-refractivity contribution in [2.45, 2.75) is 38.8 Å². The summed E-state index contributed by atoms with van der Waals surface area (Å²) in [7, 11) is 0. The van der Waals surface area contributed by atoms with E-state index in [0.717, 1.165) is 42.5 Å². The van der Waals surface area contributed by atoms with Crippen LogP contribution in [0.15, 0.2) is 36.4 Å². The van der Waals surface area contributed by atoms with Crippen molar-refractivity contribution in [3.8, 4) is 0 Å². The molecule has 1 atom stereocenters. The van der Waals surface area contributed by atoms with Crippen LogP contribution in [0.1, 0.15) is 31.9 Å². The number of carbonyl (C=O) groups is 1. The number of Topliss-reactive ketones (excluding diaryl/α,β-unsaturated/α-hetero) is 1. The molecule has 1 aliphatic rings. The Labute approximate surface area is 119 Å². The Morgan fingerprint density at radius 2 is 2.10 bits per heavy atom. The van der Waals surface area contributed by atoms with E-state index in [4.69, 9.17) is 4.98 Å². The van der Waals surface area contributed by atoms with E-state index in [0.29, 0.717) is 0 Å². The molecule has 1 fully saturated rings. The molecule has 0 saturated carbocycles. The summed E-state index contributed by atoms with van der Waals surface area (Å²) in [6.07, 6.45) is 3.33. The minimum Gasteiger partial charge on any atom is -0.298 e. The molecule has 3 rings (SSSR count). The third-order valence-corrected chi connectivity index (χ3v) is 4.10. The number of hydrogen-bond donors (Lipinski definition) is 0. The lowest BCUT2D eigenvalue weighted by Crippen LogP contribution is -2.43. The van der Waals surface area contributed by atoms with Gasteiger partial charge in [-0.2, -0.15) is 0 Å². The van der Waals surface area contributed by atoms with Gasteiger partial charge >= 0.3 is 0 Å². The highest BCUT2D eigenvalue weighted by Gasteiger charge is 2.26. The van der Waals surface area contributed by atoms with Crippen molar-refractivity contribution in [3.63, 3.8) is 0 Å². The van der Waals surface area contributed by atoms with Crippen LogP contribution < -0.4 is 0 Å². The van der Waals surface area contributed by atoms with Gasteiger partial charge in [0.25, 0.3) is 0 Å². The zero-order chi connectivity index (χ0) is 13.9. The van der Waals surface area contributed by atoms with Gasteiger partial charge in [0.05, 0.1) is 17.3 Å². The van der Waals surface area contributed by atoms with Gasteiger partial charge in [0, 0.05) is 11.9 Å². The first kappa shape index (κ1) is 13.3. The predicted molar refractivity (Wildman–Crippen MR) is 80.5 cm³/mol. The smallest absolute Gasteiger partial charge is 0.146 e. The summed E-state index contributed by atoms with van der Waals surface area (Å²) >= 11 is 0. The van der Waals surface area contributed by atoms with Crippen molar-refractivity contribution >= 4 is 16.7 Å². The first-order valence-corrected chi connectivity index (χ1v) is 7.33. The van der Waals surface area contributed by atoms with Gasteiger partial charge in [-0.3, -0.25) is 14.7 Å². The number of hydrogen-bond acceptors (Lipinski definition) is 3. The fourth-order valence-electron chi connectivity index (χ4n) is 3.04. The lowest BCUT2D eigenvalue weighted by Gasteiger charge is -2.33. The molecular weight excluding hydrogens is 248 g/mol. The van der Waals surface area contributed by atoms with E-state index >= 15 is 0 Å². The highest BCUT2D eigenvalue weighted by atomic mass is 16.1. The van der Waals surface area contributed by atoms with Crippen LogP contribution in [-0.2, 0) is 11.3 Å². The number of fused-ring (bicyclic) bond motifs is 1. The van der Waals surface area contributed by atoms with Crippen LogP contribution in [0, 0.1) is 0 Å². The molecule has 1 saturated heterocycles. The van der Waals surface area contributed by atoms with E-state index in [2.05, 4.69) is 23.1 Å². The number of aromatic nitrogens is 1. The maximum atomic E-state index is 11.7. The molecule has 104 valence electrons. The lowest BCUT2D eigenvalue weighted by molar-refractivity contribution is -0.123. The summed E-state index contributed by atoms with van der Waals surface area (Å²) in [5.41, 5.74) is 2.08. The highest BCUT2D eigenvalue weighted by molar-refractivity contribution is 5.81. The maximum absolute atomic E-state index is 11.7. The quantitative estimate of drug-likeness (QED) is 0.857. The fraction of sp³-hybridized carbons (Fsp3) is 0.412. The van der Waals surface area contributed by atoms with E-state index < -0.39 is 0 Å². The molecule has 1 aromatic heterocycles. The molecule has 2 heterocycles. The van der Waals surface area contributed by atoms with Crippen molar-refractivity contribution in [1.82, 2.24) is 9.88 Å². The molecule has 2 aromatic rings. The van der Waals surface area contributed by atoms with Crippen LogP contribution >= 0.6 is 0 Å². The molecular formula is C17H20N2O. The van der Waals surface area contributed by atoms with Crippen LogP contribution in [0.25, 0.3) is 10.9 Å². The Bertz CT molecular complexity index is 623. The standard InChI is InChI=1S/C17H20N2O/c1-13(20)17-8-4-5-11-19(17)12-15-10-9-14-6-2-3-7-16(14)18-15/h2-3,6-7,9-10,17H,4-5,8,11-12H2,1H3. The summed E-state index contributed by atoms with van der Waals surface area (Å²) in [6.45, 7) is 3.48. The van der Waals surface area contributed by atoms with Gasteiger partial charge in [-0.25, -0.2) is 0 Å². The SMILES string of the molecule is CC(=O)C1CCCCN1Cc1ccc2ccccc2n1. The van der Waals surface area contributed by atoms with E-state index in [-0.39, 0.29) is 11.8 Å². The van der Waals surface area contributed by atoms with Crippen molar-refractivity contribution in [2.75, 3.05) is 6.54 Å². The number of benzene rings is 1. The zero-order valence-electron chi connectivity index (χ0n) is 11.9. The van der Waals surface area contributed by atoms with Crippen LogP contribution in [-0.4, -0.2) is 28.3 Å². The van der Waals surface area contributed by atoms with Crippen LogP contribution in [0.5, 0.6) is 0 Å². The van der Waals surface area contributed by atoms with Gasteiger partial charge in [-0.05, 0) is 38.4 Å². The number of ketones is 1. The number of carbonyl (C=O) groups excluding carboxylic acids is 1. The fourth-order valence-corrected chi connectivity index (χ4v) is 3.04. The number of para-hydroxylation sites is 1. The second-order valence-electron chi connectivity index (χ2n) is 5.59. The molecule has 0 N–H and O–H groups in total. The zero-order valence-corrected chi connectivity index (χ0v) is 11.9. The number of likely N-dealkylation sites (tertiary alicyclic amines) is 1. The molecule has 0 radical (unpaired) electrons. The molecule has 1 unspecified atom stereocenters. The molecule has 0 bridgehead atoms. The van der Waals surface area contributed by atoms with Crippen molar-refractivity contribution in [2.24, 2.45) is 0 Å². The number of nitrogens with zero attached hydrogens (tertiary/aromatic N) is 2. The summed E-state index contributed by atoms with van der Waals surface area (Å²) in [5, 5.41) is 1.16. The normalized spacial score (nSPS) is 20.1. The Morgan fingerprint density at radius 3 is 2.95 bits per heavy atom. The monoisotopic (exact) mass is 268 g/mol. The molecule has 0 amide bonds. The molecule has 1 aliphatic heterocycles. The molecule has 0 spiro atoms. The Morgan fingerprint density at radius 1 is 1.25 bits per heavy atom. The van der Waals surface area contributed by atoms with Crippen LogP contribution in [0.2, 0.25) is 0 Å². The average Bonchev–Trinajstić information content (AvgIpc) is 2.47. The van der Waals surface area contributed by atoms with Crippen molar-refractivity contribution in [1.29, 1.82) is 0 Å². The number of rotatable bonds is 3. The van der Waals surface area contributed by atoms with Gasteiger partial charge in [-0.15, -0.1) is 0 Å². The minimum atomic E-state index is 0.0806. The number of piperidine rings is 1. The van der Waals surface area contributed by atoms with Gasteiger partial charge in [-0.1, -0.05) is 30.7 Å². The molecule has 3 nitrogen and oxygen atoms in total. The van der Waals surface area contributed by atoms with E-state index in [9.17, 15) is 4.79 Å². The first-order chi connectivity index (χ1) is 9.74. The van der Waals surface area contributed by atoms with Gasteiger partial charge in [0.15, 0.2) is 0 Å². The van der Waals surface area contributed by atoms with Crippen molar-refractivity contribution < 1.29 is 4.79 Å². The van der Waals surface area contributed by atoms with Crippen molar-refractivity contribution in [3.05, 3.63) is 42.1 Å². The summed E-state index contributed by atoms with van der Waals surface area (Å²) in [4.78, 5) is 18.7. The Kier molecular flexibility index (Phi) is 3.79. The highest BCUT2D eigenvalue weighted by Crippen LogP contribution is 2.21. The third kappa shape index (κ3) is 2.73. The third-order valence-electron chi connectivity index (χ3n) is 4.10. The molecule has 1 aromatic carbocycles. The summed E-state index contributed by atoms with van der Waals surface area (Å²) in [5.74, 6) is 0.283. The maximum Gasteiger partial charge on any atom is 0.146 e.